The Hall–Kier alpha value is -5.58. The predicted octanol–water partition coefficient (Wildman–Crippen LogP) is 9.09. The molecule has 11 nitrogen and oxygen atoms in total. The molecule has 0 bridgehead atoms. The monoisotopic (exact) mass is 741 g/mol. The van der Waals surface area contributed by atoms with Crippen LogP contribution in [0.2, 0.25) is 0 Å². The Morgan fingerprint density at radius 2 is 1.07 bits per heavy atom. The van der Waals surface area contributed by atoms with E-state index in [1.807, 2.05) is 6.07 Å². The summed E-state index contributed by atoms with van der Waals surface area (Å²) < 4.78 is 33.5. The lowest BCUT2D eigenvalue weighted by molar-refractivity contribution is -0.142. The molecule has 0 aliphatic carbocycles. The maximum atomic E-state index is 13.3. The number of H-pyrrole nitrogens is 1. The van der Waals surface area contributed by atoms with E-state index in [2.05, 4.69) is 18.8 Å². The fraction of sp³-hybridized carbons (Fsp3) is 0.395. The van der Waals surface area contributed by atoms with E-state index in [0.29, 0.717) is 43.3 Å². The van der Waals surface area contributed by atoms with Crippen LogP contribution in [-0.4, -0.2) is 55.3 Å². The number of aromatic amines is 1. The number of aromatic nitrogens is 1. The fourth-order valence-electron chi connectivity index (χ4n) is 5.21. The number of ether oxygens (including phenoxy) is 6. The third kappa shape index (κ3) is 14.4. The van der Waals surface area contributed by atoms with Crippen LogP contribution in [0.5, 0.6) is 23.0 Å². The van der Waals surface area contributed by atoms with Gasteiger partial charge in [0.15, 0.2) is 0 Å². The first-order valence-electron chi connectivity index (χ1n) is 18.8. The van der Waals surface area contributed by atoms with Crippen LogP contribution in [0.15, 0.2) is 85.2 Å². The molecule has 1 heterocycles. The molecule has 0 amide bonds. The van der Waals surface area contributed by atoms with Crippen LogP contribution < -0.4 is 18.9 Å². The van der Waals surface area contributed by atoms with E-state index in [1.165, 1.54) is 18.2 Å². The van der Waals surface area contributed by atoms with Crippen molar-refractivity contribution < 1.29 is 47.6 Å². The van der Waals surface area contributed by atoms with Crippen molar-refractivity contribution in [1.82, 2.24) is 4.98 Å². The normalized spacial score (nSPS) is 10.7. The molecule has 0 aliphatic rings. The van der Waals surface area contributed by atoms with Crippen molar-refractivity contribution in [3.63, 3.8) is 0 Å². The second-order valence-electron chi connectivity index (χ2n) is 12.8. The lowest BCUT2D eigenvalue weighted by atomic mass is 10.1. The molecule has 288 valence electrons. The summed E-state index contributed by atoms with van der Waals surface area (Å²) in [4.78, 5) is 54.2. The van der Waals surface area contributed by atoms with E-state index in [0.717, 1.165) is 63.4 Å². The topological polar surface area (TPSA) is 139 Å². The molecule has 0 saturated carbocycles. The van der Waals surface area contributed by atoms with Gasteiger partial charge in [0.1, 0.15) is 28.6 Å². The summed E-state index contributed by atoms with van der Waals surface area (Å²) in [5.74, 6) is -0.922. The second-order valence-corrected chi connectivity index (χ2v) is 12.8. The van der Waals surface area contributed by atoms with E-state index in [1.54, 1.807) is 60.9 Å². The van der Waals surface area contributed by atoms with Crippen molar-refractivity contribution in [3.05, 3.63) is 107 Å². The molecular weight excluding hydrogens is 690 g/mol. The molecule has 4 aromatic rings. The summed E-state index contributed by atoms with van der Waals surface area (Å²) in [7, 11) is 0. The standard InChI is InChI=1S/C43H51NO10/c1-3-5-25-49-35-17-13-33(14-18-35)41(46)53-37-21-22-39(54-42(47)34-15-19-36(20-16-34)50-26-6-4-2)38(30-37)43(48)52-28-12-10-8-7-9-11-27-51-40(45)29-32-23-24-44-31-32/h13-24,30-31,44H,3-12,25-29H2,1-2H3. The number of carbonyl (C=O) groups is 4. The number of hydrogen-bond donors (Lipinski definition) is 1. The first-order chi connectivity index (χ1) is 26.4. The minimum atomic E-state index is -0.717. The average Bonchev–Trinajstić information content (AvgIpc) is 3.69. The minimum absolute atomic E-state index is 0.0320. The third-order valence-corrected chi connectivity index (χ3v) is 8.34. The Morgan fingerprint density at radius 1 is 0.537 bits per heavy atom. The Balaban J connectivity index is 1.30. The van der Waals surface area contributed by atoms with E-state index in [-0.39, 0.29) is 41.6 Å². The number of rotatable bonds is 24. The fourth-order valence-corrected chi connectivity index (χ4v) is 5.21. The lowest BCUT2D eigenvalue weighted by Crippen LogP contribution is -2.14. The largest absolute Gasteiger partial charge is 0.494 e. The highest BCUT2D eigenvalue weighted by Crippen LogP contribution is 2.28. The number of unbranched alkanes of at least 4 members (excludes halogenated alkanes) is 7. The zero-order chi connectivity index (χ0) is 38.4. The smallest absolute Gasteiger partial charge is 0.343 e. The molecule has 11 heteroatoms. The van der Waals surface area contributed by atoms with Gasteiger partial charge in [-0.3, -0.25) is 4.79 Å². The molecule has 0 aliphatic heterocycles. The zero-order valence-electron chi connectivity index (χ0n) is 31.3. The van der Waals surface area contributed by atoms with E-state index in [9.17, 15) is 19.2 Å². The van der Waals surface area contributed by atoms with Gasteiger partial charge in [0.2, 0.25) is 0 Å². The molecule has 0 atom stereocenters. The van der Waals surface area contributed by atoms with Crippen molar-refractivity contribution in [1.29, 1.82) is 0 Å². The molecule has 0 fully saturated rings. The van der Waals surface area contributed by atoms with Crippen LogP contribution >= 0.6 is 0 Å². The highest BCUT2D eigenvalue weighted by atomic mass is 16.6. The van der Waals surface area contributed by atoms with E-state index < -0.39 is 17.9 Å². The Labute approximate surface area is 317 Å². The first kappa shape index (κ1) is 41.2. The maximum Gasteiger partial charge on any atom is 0.343 e. The summed E-state index contributed by atoms with van der Waals surface area (Å²) in [5, 5.41) is 0. The second kappa shape index (κ2) is 23.2. The van der Waals surface area contributed by atoms with Crippen molar-refractivity contribution in [2.75, 3.05) is 26.4 Å². The number of esters is 4. The number of hydrogen-bond acceptors (Lipinski definition) is 10. The molecule has 0 spiro atoms. The van der Waals surface area contributed by atoms with Crippen LogP contribution in [0.25, 0.3) is 0 Å². The SMILES string of the molecule is CCCCOc1ccc(C(=O)Oc2ccc(OC(=O)c3ccc(OCCCC)cc3)c(C(=O)OCCCCCCCCOC(=O)Cc3cc[nH]c3)c2)cc1. The van der Waals surface area contributed by atoms with Gasteiger partial charge in [-0.05, 0) is 104 Å². The highest BCUT2D eigenvalue weighted by Gasteiger charge is 2.21. The van der Waals surface area contributed by atoms with Gasteiger partial charge in [-0.15, -0.1) is 0 Å². The van der Waals surface area contributed by atoms with Crippen LogP contribution in [0.4, 0.5) is 0 Å². The van der Waals surface area contributed by atoms with E-state index >= 15 is 0 Å². The quantitative estimate of drug-likeness (QED) is 0.0420. The summed E-state index contributed by atoms with van der Waals surface area (Å²) in [6, 6.07) is 19.2. The molecule has 0 unspecified atom stereocenters. The number of carbonyl (C=O) groups excluding carboxylic acids is 4. The van der Waals surface area contributed by atoms with Gasteiger partial charge < -0.3 is 33.4 Å². The van der Waals surface area contributed by atoms with Crippen LogP contribution in [-0.2, 0) is 20.7 Å². The lowest BCUT2D eigenvalue weighted by Gasteiger charge is -2.13. The highest BCUT2D eigenvalue weighted by molar-refractivity contribution is 5.97. The summed E-state index contributed by atoms with van der Waals surface area (Å²) in [6.07, 6.45) is 12.7. The zero-order valence-corrected chi connectivity index (χ0v) is 31.3. The molecule has 4 rings (SSSR count). The number of benzene rings is 3. The van der Waals surface area contributed by atoms with Crippen LogP contribution in [0, 0.1) is 0 Å². The van der Waals surface area contributed by atoms with Gasteiger partial charge in [0.05, 0.1) is 44.0 Å². The molecule has 0 saturated heterocycles. The molecule has 1 N–H and O–H groups in total. The maximum absolute atomic E-state index is 13.3. The third-order valence-electron chi connectivity index (χ3n) is 8.34. The van der Waals surface area contributed by atoms with Gasteiger partial charge in [0, 0.05) is 12.4 Å². The average molecular weight is 742 g/mol. The van der Waals surface area contributed by atoms with Gasteiger partial charge in [0.25, 0.3) is 0 Å². The van der Waals surface area contributed by atoms with Crippen molar-refractivity contribution in [3.8, 4) is 23.0 Å². The van der Waals surface area contributed by atoms with Crippen LogP contribution in [0.3, 0.4) is 0 Å². The van der Waals surface area contributed by atoms with Crippen LogP contribution in [0.1, 0.15) is 115 Å². The number of nitrogens with one attached hydrogen (secondary N) is 1. The van der Waals surface area contributed by atoms with Crippen molar-refractivity contribution in [2.24, 2.45) is 0 Å². The van der Waals surface area contributed by atoms with Gasteiger partial charge in [-0.25, -0.2) is 14.4 Å². The van der Waals surface area contributed by atoms with E-state index in [4.69, 9.17) is 28.4 Å². The summed E-state index contributed by atoms with van der Waals surface area (Å²) >= 11 is 0. The van der Waals surface area contributed by atoms with Gasteiger partial charge in [-0.1, -0.05) is 52.4 Å². The predicted molar refractivity (Wildman–Crippen MR) is 203 cm³/mol. The molecule has 54 heavy (non-hydrogen) atoms. The molecular formula is C43H51NO10. The van der Waals surface area contributed by atoms with Gasteiger partial charge >= 0.3 is 23.9 Å². The van der Waals surface area contributed by atoms with Gasteiger partial charge in [-0.2, -0.15) is 0 Å². The molecule has 0 radical (unpaired) electrons. The Bertz CT molecular complexity index is 1730. The summed E-state index contributed by atoms with van der Waals surface area (Å²) in [6.45, 7) is 5.87. The Kier molecular flexibility index (Phi) is 17.7. The minimum Gasteiger partial charge on any atom is -0.494 e. The van der Waals surface area contributed by atoms with Crippen molar-refractivity contribution >= 4 is 23.9 Å². The molecule has 3 aromatic carbocycles. The van der Waals surface area contributed by atoms with Crippen molar-refractivity contribution in [2.45, 2.75) is 84.5 Å². The molecule has 1 aromatic heterocycles. The first-order valence-corrected chi connectivity index (χ1v) is 18.8. The Morgan fingerprint density at radius 3 is 1.63 bits per heavy atom. The summed E-state index contributed by atoms with van der Waals surface area (Å²) in [5.41, 5.74) is 1.41.